The molecule has 158 valence electrons. The van der Waals surface area contributed by atoms with Gasteiger partial charge in [-0.05, 0) is 35.2 Å². The third kappa shape index (κ3) is 4.58. The first-order valence-electron chi connectivity index (χ1n) is 8.92. The topological polar surface area (TPSA) is 85.1 Å². The van der Waals surface area contributed by atoms with Crippen molar-refractivity contribution in [1.29, 1.82) is 0 Å². The molecule has 0 atom stereocenters. The van der Waals surface area contributed by atoms with Crippen molar-refractivity contribution in [2.75, 3.05) is 4.72 Å². The molecule has 4 rings (SSSR count). The smallest absolute Gasteiger partial charge is 0.329 e. The van der Waals surface area contributed by atoms with Crippen LogP contribution in [0.4, 0.5) is 18.9 Å². The number of fused-ring (bicyclic) bond motifs is 1. The van der Waals surface area contributed by atoms with Gasteiger partial charge in [0.05, 0.1) is 10.6 Å². The Morgan fingerprint density at radius 2 is 1.68 bits per heavy atom. The molecule has 0 aliphatic rings. The molecular formula is C21H14F3N3O3S. The van der Waals surface area contributed by atoms with Crippen LogP contribution >= 0.6 is 0 Å². The zero-order valence-corrected chi connectivity index (χ0v) is 16.5. The quantitative estimate of drug-likeness (QED) is 0.456. The number of nitrogens with zero attached hydrogens (tertiary/aromatic N) is 2. The molecular weight excluding hydrogens is 431 g/mol. The lowest BCUT2D eigenvalue weighted by molar-refractivity contribution is -0.159. The van der Waals surface area contributed by atoms with Gasteiger partial charge < -0.3 is 4.52 Å². The van der Waals surface area contributed by atoms with Gasteiger partial charge in [0.25, 0.3) is 10.0 Å². The Morgan fingerprint density at radius 3 is 2.45 bits per heavy atom. The predicted molar refractivity (Wildman–Crippen MR) is 109 cm³/mol. The van der Waals surface area contributed by atoms with Gasteiger partial charge in [-0.25, -0.2) is 8.42 Å². The van der Waals surface area contributed by atoms with E-state index in [1.165, 1.54) is 30.4 Å². The molecule has 10 heteroatoms. The first-order chi connectivity index (χ1) is 14.7. The van der Waals surface area contributed by atoms with Crippen molar-refractivity contribution >= 4 is 38.6 Å². The van der Waals surface area contributed by atoms with Crippen LogP contribution in [0.15, 0.2) is 76.1 Å². The Bertz CT molecular complexity index is 1370. The van der Waals surface area contributed by atoms with E-state index in [-0.39, 0.29) is 10.7 Å². The van der Waals surface area contributed by atoms with Crippen molar-refractivity contribution in [2.24, 2.45) is 0 Å². The molecule has 1 N–H and O–H groups in total. The van der Waals surface area contributed by atoms with Crippen LogP contribution in [0.3, 0.4) is 0 Å². The molecule has 0 aliphatic carbocycles. The molecule has 0 radical (unpaired) electrons. The highest BCUT2D eigenvalue weighted by molar-refractivity contribution is 7.92. The summed E-state index contributed by atoms with van der Waals surface area (Å²) >= 11 is 0. The van der Waals surface area contributed by atoms with Gasteiger partial charge in [-0.1, -0.05) is 59.8 Å². The summed E-state index contributed by atoms with van der Waals surface area (Å²) in [7, 11) is -3.91. The van der Waals surface area contributed by atoms with Crippen molar-refractivity contribution in [3.05, 3.63) is 84.0 Å². The summed E-state index contributed by atoms with van der Waals surface area (Å²) in [4.78, 5) is 3.22. The van der Waals surface area contributed by atoms with E-state index in [9.17, 15) is 21.6 Å². The van der Waals surface area contributed by atoms with Crippen LogP contribution in [0.25, 0.3) is 22.9 Å². The number of halogens is 3. The van der Waals surface area contributed by atoms with Crippen LogP contribution < -0.4 is 4.72 Å². The van der Waals surface area contributed by atoms with E-state index in [1.54, 1.807) is 18.2 Å². The molecule has 4 aromatic rings. The van der Waals surface area contributed by atoms with E-state index in [4.69, 9.17) is 0 Å². The van der Waals surface area contributed by atoms with Crippen LogP contribution in [-0.4, -0.2) is 18.6 Å². The standard InChI is InChI=1S/C21H14F3N3O3S/c22-21(23,24)20-25-19(26-30-20)12-11-14-5-3-8-16(13-14)31(28,29)27-18-10-4-7-15-6-1-2-9-17(15)18/h1-13,27H/b12-11+. The third-order valence-corrected chi connectivity index (χ3v) is 5.67. The Balaban J connectivity index is 1.59. The number of hydrogen-bond donors (Lipinski definition) is 1. The number of anilines is 1. The highest BCUT2D eigenvalue weighted by atomic mass is 32.2. The van der Waals surface area contributed by atoms with Crippen LogP contribution in [0.5, 0.6) is 0 Å². The van der Waals surface area contributed by atoms with Gasteiger partial charge in [0.15, 0.2) is 5.82 Å². The van der Waals surface area contributed by atoms with E-state index in [0.717, 1.165) is 10.8 Å². The molecule has 31 heavy (non-hydrogen) atoms. The van der Waals surface area contributed by atoms with Gasteiger partial charge in [-0.15, -0.1) is 0 Å². The molecule has 0 spiro atoms. The minimum Gasteiger partial charge on any atom is -0.329 e. The highest BCUT2D eigenvalue weighted by Gasteiger charge is 2.38. The zero-order valence-electron chi connectivity index (χ0n) is 15.7. The number of hydrogen-bond acceptors (Lipinski definition) is 5. The molecule has 6 nitrogen and oxygen atoms in total. The van der Waals surface area contributed by atoms with Crippen LogP contribution in [0.1, 0.15) is 17.3 Å². The summed E-state index contributed by atoms with van der Waals surface area (Å²) in [5, 5.41) is 4.87. The lowest BCUT2D eigenvalue weighted by atomic mass is 10.1. The number of aromatic nitrogens is 2. The molecule has 3 aromatic carbocycles. The molecule has 0 fully saturated rings. The van der Waals surface area contributed by atoms with Gasteiger partial charge in [0.2, 0.25) is 0 Å². The lowest BCUT2D eigenvalue weighted by Gasteiger charge is -2.11. The maximum atomic E-state index is 12.9. The van der Waals surface area contributed by atoms with Crippen molar-refractivity contribution in [1.82, 2.24) is 10.1 Å². The number of rotatable bonds is 5. The number of benzene rings is 3. The Morgan fingerprint density at radius 1 is 0.935 bits per heavy atom. The van der Waals surface area contributed by atoms with E-state index in [1.807, 2.05) is 30.3 Å². The summed E-state index contributed by atoms with van der Waals surface area (Å²) in [6.07, 6.45) is -2.15. The fraction of sp³-hybridized carbons (Fsp3) is 0.0476. The fourth-order valence-electron chi connectivity index (χ4n) is 2.89. The SMILES string of the molecule is O=S(=O)(Nc1cccc2ccccc12)c1cccc(/C=C/c2noc(C(F)(F)F)n2)c1. The first kappa shape index (κ1) is 20.6. The molecule has 0 bridgehead atoms. The van der Waals surface area contributed by atoms with Crippen LogP contribution in [-0.2, 0) is 16.2 Å². The molecule has 0 aliphatic heterocycles. The Hall–Kier alpha value is -3.66. The van der Waals surface area contributed by atoms with Gasteiger partial charge in [-0.3, -0.25) is 4.72 Å². The van der Waals surface area contributed by atoms with E-state index in [0.29, 0.717) is 11.3 Å². The summed E-state index contributed by atoms with van der Waals surface area (Å²) < 4.78 is 70.1. The maximum absolute atomic E-state index is 12.9. The second kappa shape index (κ2) is 7.88. The Labute approximate surface area is 175 Å². The summed E-state index contributed by atoms with van der Waals surface area (Å²) in [6, 6.07) is 18.6. The summed E-state index contributed by atoms with van der Waals surface area (Å²) in [5.74, 6) is -1.74. The van der Waals surface area contributed by atoms with Crippen molar-refractivity contribution in [2.45, 2.75) is 11.1 Å². The van der Waals surface area contributed by atoms with Crippen LogP contribution in [0, 0.1) is 0 Å². The number of alkyl halides is 3. The molecule has 0 amide bonds. The molecule has 0 saturated carbocycles. The number of sulfonamides is 1. The minimum absolute atomic E-state index is 0.00771. The van der Waals surface area contributed by atoms with E-state index >= 15 is 0 Å². The average molecular weight is 445 g/mol. The van der Waals surface area contributed by atoms with E-state index in [2.05, 4.69) is 19.4 Å². The van der Waals surface area contributed by atoms with Gasteiger partial charge >= 0.3 is 12.1 Å². The zero-order chi connectivity index (χ0) is 22.1. The van der Waals surface area contributed by atoms with Gasteiger partial charge in [0.1, 0.15) is 0 Å². The molecule has 1 aromatic heterocycles. The van der Waals surface area contributed by atoms with E-state index < -0.39 is 22.1 Å². The average Bonchev–Trinajstić information content (AvgIpc) is 3.22. The fourth-order valence-corrected chi connectivity index (χ4v) is 4.03. The largest absolute Gasteiger partial charge is 0.471 e. The second-order valence-electron chi connectivity index (χ2n) is 6.49. The molecule has 0 saturated heterocycles. The predicted octanol–water partition coefficient (Wildman–Crippen LogP) is 5.21. The summed E-state index contributed by atoms with van der Waals surface area (Å²) in [5.41, 5.74) is 0.865. The third-order valence-electron chi connectivity index (χ3n) is 4.31. The Kier molecular flexibility index (Phi) is 5.24. The molecule has 0 unspecified atom stereocenters. The highest BCUT2D eigenvalue weighted by Crippen LogP contribution is 2.28. The summed E-state index contributed by atoms with van der Waals surface area (Å²) in [6.45, 7) is 0. The van der Waals surface area contributed by atoms with Gasteiger partial charge in [0, 0.05) is 5.39 Å². The minimum atomic E-state index is -4.74. The van der Waals surface area contributed by atoms with Crippen molar-refractivity contribution < 1.29 is 26.1 Å². The van der Waals surface area contributed by atoms with Crippen molar-refractivity contribution in [3.63, 3.8) is 0 Å². The maximum Gasteiger partial charge on any atom is 0.471 e. The first-order valence-corrected chi connectivity index (χ1v) is 10.4. The van der Waals surface area contributed by atoms with Gasteiger partial charge in [-0.2, -0.15) is 18.2 Å². The number of nitrogens with one attached hydrogen (secondary N) is 1. The monoisotopic (exact) mass is 445 g/mol. The molecule has 1 heterocycles. The van der Waals surface area contributed by atoms with Crippen molar-refractivity contribution in [3.8, 4) is 0 Å². The van der Waals surface area contributed by atoms with Crippen LogP contribution in [0.2, 0.25) is 0 Å². The normalized spacial score (nSPS) is 12.5. The second-order valence-corrected chi connectivity index (χ2v) is 8.18. The lowest BCUT2D eigenvalue weighted by Crippen LogP contribution is -2.13.